The summed E-state index contributed by atoms with van der Waals surface area (Å²) in [6.07, 6.45) is 0.634. The number of nitrogens with one attached hydrogen (secondary N) is 1. The van der Waals surface area contributed by atoms with Gasteiger partial charge in [0, 0.05) is 24.2 Å². The van der Waals surface area contributed by atoms with Crippen LogP contribution in [0, 0.1) is 6.92 Å². The minimum Gasteiger partial charge on any atom is -0.393 e. The van der Waals surface area contributed by atoms with Gasteiger partial charge < -0.3 is 15.3 Å². The van der Waals surface area contributed by atoms with E-state index in [2.05, 4.69) is 10.3 Å². The average molecular weight is 313 g/mol. The minimum absolute atomic E-state index is 0.382. The summed E-state index contributed by atoms with van der Waals surface area (Å²) in [5.74, 6) is -1.24. The highest BCUT2D eigenvalue weighted by Gasteiger charge is 2.26. The summed E-state index contributed by atoms with van der Waals surface area (Å²) in [6.45, 7) is 2.68. The second-order valence-corrected chi connectivity index (χ2v) is 5.81. The van der Waals surface area contributed by atoms with Crippen LogP contribution in [0.25, 0.3) is 10.9 Å². The molecule has 1 aliphatic heterocycles. The molecule has 1 aromatic carbocycles. The van der Waals surface area contributed by atoms with Crippen molar-refractivity contribution in [2.45, 2.75) is 25.9 Å². The van der Waals surface area contributed by atoms with Gasteiger partial charge in [0.1, 0.15) is 0 Å². The van der Waals surface area contributed by atoms with E-state index >= 15 is 0 Å². The summed E-state index contributed by atoms with van der Waals surface area (Å²) < 4.78 is 0. The third-order valence-electron chi connectivity index (χ3n) is 4.05. The van der Waals surface area contributed by atoms with Crippen molar-refractivity contribution < 1.29 is 14.7 Å². The molecule has 6 heteroatoms. The van der Waals surface area contributed by atoms with Gasteiger partial charge in [0.2, 0.25) is 0 Å². The van der Waals surface area contributed by atoms with Crippen LogP contribution in [0.5, 0.6) is 0 Å². The maximum absolute atomic E-state index is 12.2. The van der Waals surface area contributed by atoms with Gasteiger partial charge in [0.15, 0.2) is 0 Å². The molecule has 0 saturated carbocycles. The Kier molecular flexibility index (Phi) is 4.25. The molecular formula is C17H19N3O3. The first-order chi connectivity index (χ1) is 11.0. The number of hydrogen-bond donors (Lipinski definition) is 2. The van der Waals surface area contributed by atoms with Gasteiger partial charge in [0.25, 0.3) is 0 Å². The molecule has 2 heterocycles. The number of carbonyl (C=O) groups is 2. The molecule has 0 atom stereocenters. The second-order valence-electron chi connectivity index (χ2n) is 5.81. The lowest BCUT2D eigenvalue weighted by Crippen LogP contribution is -2.45. The van der Waals surface area contributed by atoms with Gasteiger partial charge in [-0.2, -0.15) is 0 Å². The fourth-order valence-electron chi connectivity index (χ4n) is 2.73. The molecule has 0 radical (unpaired) electrons. The van der Waals surface area contributed by atoms with E-state index in [1.54, 1.807) is 6.07 Å². The van der Waals surface area contributed by atoms with Crippen molar-refractivity contribution in [2.75, 3.05) is 18.4 Å². The molecule has 1 aromatic heterocycles. The zero-order chi connectivity index (χ0) is 16.4. The van der Waals surface area contributed by atoms with Crippen LogP contribution < -0.4 is 5.32 Å². The Morgan fingerprint density at radius 1 is 1.22 bits per heavy atom. The number of anilines is 1. The van der Waals surface area contributed by atoms with E-state index in [4.69, 9.17) is 0 Å². The van der Waals surface area contributed by atoms with Crippen molar-refractivity contribution >= 4 is 28.4 Å². The molecule has 3 rings (SSSR count). The molecule has 1 aliphatic rings. The van der Waals surface area contributed by atoms with Gasteiger partial charge in [-0.25, -0.2) is 0 Å². The van der Waals surface area contributed by atoms with Crippen LogP contribution in [0.2, 0.25) is 0 Å². The smallest absolute Gasteiger partial charge is 0.313 e. The lowest BCUT2D eigenvalue weighted by atomic mass is 10.1. The summed E-state index contributed by atoms with van der Waals surface area (Å²) in [5, 5.41) is 13.0. The number of rotatable bonds is 1. The lowest BCUT2D eigenvalue weighted by molar-refractivity contribution is -0.144. The Morgan fingerprint density at radius 3 is 2.70 bits per heavy atom. The number of likely N-dealkylation sites (tertiary alicyclic amines) is 1. The van der Waals surface area contributed by atoms with Crippen LogP contribution in [0.3, 0.4) is 0 Å². The van der Waals surface area contributed by atoms with Crippen LogP contribution in [-0.2, 0) is 9.59 Å². The Balaban J connectivity index is 1.77. The number of pyridine rings is 1. The molecular weight excluding hydrogens is 294 g/mol. The molecule has 2 N–H and O–H groups in total. The van der Waals surface area contributed by atoms with E-state index in [0.29, 0.717) is 37.1 Å². The number of carbonyl (C=O) groups excluding carboxylic acids is 2. The molecule has 2 amide bonds. The SMILES string of the molecule is Cc1ccc2cccc(NC(=O)C(=O)N3CCC(O)CC3)c2n1. The molecule has 1 fully saturated rings. The number of aliphatic hydroxyl groups is 1. The molecule has 0 bridgehead atoms. The predicted molar refractivity (Wildman–Crippen MR) is 86.9 cm³/mol. The first-order valence-electron chi connectivity index (χ1n) is 7.69. The fourth-order valence-corrected chi connectivity index (χ4v) is 2.73. The van der Waals surface area contributed by atoms with Crippen molar-refractivity contribution in [1.82, 2.24) is 9.88 Å². The minimum atomic E-state index is -0.669. The summed E-state index contributed by atoms with van der Waals surface area (Å²) in [7, 11) is 0. The highest BCUT2D eigenvalue weighted by molar-refractivity contribution is 6.40. The normalized spacial score (nSPS) is 15.7. The van der Waals surface area contributed by atoms with E-state index < -0.39 is 11.8 Å². The summed E-state index contributed by atoms with van der Waals surface area (Å²) >= 11 is 0. The van der Waals surface area contributed by atoms with Gasteiger partial charge >= 0.3 is 11.8 Å². The maximum atomic E-state index is 12.2. The van der Waals surface area contributed by atoms with E-state index in [-0.39, 0.29) is 6.10 Å². The summed E-state index contributed by atoms with van der Waals surface area (Å²) in [6, 6.07) is 9.29. The number of hydrogen-bond acceptors (Lipinski definition) is 4. The highest BCUT2D eigenvalue weighted by Crippen LogP contribution is 2.22. The number of aliphatic hydroxyl groups excluding tert-OH is 1. The Labute approximate surface area is 134 Å². The number of fused-ring (bicyclic) bond motifs is 1. The molecule has 1 saturated heterocycles. The zero-order valence-corrected chi connectivity index (χ0v) is 13.0. The van der Waals surface area contributed by atoms with Crippen molar-refractivity contribution in [3.8, 4) is 0 Å². The molecule has 6 nitrogen and oxygen atoms in total. The van der Waals surface area contributed by atoms with Crippen LogP contribution in [-0.4, -0.2) is 46.0 Å². The average Bonchev–Trinajstić information content (AvgIpc) is 2.55. The largest absolute Gasteiger partial charge is 0.393 e. The molecule has 23 heavy (non-hydrogen) atoms. The van der Waals surface area contributed by atoms with Crippen LogP contribution in [0.4, 0.5) is 5.69 Å². The second kappa shape index (κ2) is 6.34. The van der Waals surface area contributed by atoms with Crippen molar-refractivity contribution in [3.05, 3.63) is 36.0 Å². The number of nitrogens with zero attached hydrogens (tertiary/aromatic N) is 2. The number of aromatic nitrogens is 1. The lowest BCUT2D eigenvalue weighted by Gasteiger charge is -2.28. The number of para-hydroxylation sites is 1. The quantitative estimate of drug-likeness (QED) is 0.781. The molecule has 0 aliphatic carbocycles. The molecule has 0 spiro atoms. The molecule has 2 aromatic rings. The van der Waals surface area contributed by atoms with Gasteiger partial charge in [-0.15, -0.1) is 0 Å². The van der Waals surface area contributed by atoms with Gasteiger partial charge in [-0.05, 0) is 31.9 Å². The van der Waals surface area contributed by atoms with Crippen LogP contribution in [0.1, 0.15) is 18.5 Å². The van der Waals surface area contributed by atoms with Crippen molar-refractivity contribution in [2.24, 2.45) is 0 Å². The third kappa shape index (κ3) is 3.32. The number of aryl methyl sites for hydroxylation is 1. The first-order valence-corrected chi connectivity index (χ1v) is 7.69. The first kappa shape index (κ1) is 15.4. The topological polar surface area (TPSA) is 82.5 Å². The predicted octanol–water partition coefficient (Wildman–Crippen LogP) is 1.47. The summed E-state index contributed by atoms with van der Waals surface area (Å²) in [4.78, 5) is 30.4. The number of benzene rings is 1. The number of piperidine rings is 1. The van der Waals surface area contributed by atoms with Crippen LogP contribution in [0.15, 0.2) is 30.3 Å². The Bertz CT molecular complexity index is 752. The summed E-state index contributed by atoms with van der Waals surface area (Å²) in [5.41, 5.74) is 2.04. The van der Waals surface area contributed by atoms with E-state index in [1.165, 1.54) is 4.90 Å². The van der Waals surface area contributed by atoms with E-state index in [1.807, 2.05) is 31.2 Å². The van der Waals surface area contributed by atoms with Crippen LogP contribution >= 0.6 is 0 Å². The van der Waals surface area contributed by atoms with Gasteiger partial charge in [-0.3, -0.25) is 14.6 Å². The Morgan fingerprint density at radius 2 is 1.96 bits per heavy atom. The van der Waals surface area contributed by atoms with Gasteiger partial charge in [0.05, 0.1) is 17.3 Å². The monoisotopic (exact) mass is 313 g/mol. The Hall–Kier alpha value is -2.47. The fraction of sp³-hybridized carbons (Fsp3) is 0.353. The highest BCUT2D eigenvalue weighted by atomic mass is 16.3. The standard InChI is InChI=1S/C17H19N3O3/c1-11-5-6-12-3-2-4-14(15(12)18-11)19-16(22)17(23)20-9-7-13(21)8-10-20/h2-6,13,21H,7-10H2,1H3,(H,19,22). The number of amides is 2. The third-order valence-corrected chi connectivity index (χ3v) is 4.05. The van der Waals surface area contributed by atoms with E-state index in [0.717, 1.165) is 11.1 Å². The van der Waals surface area contributed by atoms with E-state index in [9.17, 15) is 14.7 Å². The molecule has 0 unspecified atom stereocenters. The molecule has 120 valence electrons. The van der Waals surface area contributed by atoms with Crippen molar-refractivity contribution in [1.29, 1.82) is 0 Å². The van der Waals surface area contributed by atoms with Crippen molar-refractivity contribution in [3.63, 3.8) is 0 Å². The maximum Gasteiger partial charge on any atom is 0.313 e. The van der Waals surface area contributed by atoms with Gasteiger partial charge in [-0.1, -0.05) is 18.2 Å². The zero-order valence-electron chi connectivity index (χ0n) is 13.0.